The molecule has 14 heavy (non-hydrogen) atoms. The first-order valence-corrected chi connectivity index (χ1v) is 5.55. The van der Waals surface area contributed by atoms with E-state index in [1.807, 2.05) is 13.8 Å². The number of hydrogen-bond acceptors (Lipinski definition) is 1. The number of anilines is 1. The molecule has 0 atom stereocenters. The minimum atomic E-state index is 0.768. The molecule has 1 fully saturated rings. The highest BCUT2D eigenvalue weighted by molar-refractivity contribution is 5.54. The van der Waals surface area contributed by atoms with Crippen molar-refractivity contribution in [2.45, 2.75) is 46.5 Å². The molecule has 1 aromatic rings. The largest absolute Gasteiger partial charge is 0.398 e. The number of benzene rings is 1. The van der Waals surface area contributed by atoms with Gasteiger partial charge in [0.2, 0.25) is 0 Å². The van der Waals surface area contributed by atoms with E-state index in [1.54, 1.807) is 0 Å². The average molecular weight is 191 g/mol. The Bertz CT molecular complexity index is 311. The van der Waals surface area contributed by atoms with Gasteiger partial charge in [0.05, 0.1) is 0 Å². The Labute approximate surface area is 87.3 Å². The lowest BCUT2D eigenvalue weighted by molar-refractivity contribution is 1.12. The fourth-order valence-corrected chi connectivity index (χ4v) is 1.61. The lowest BCUT2D eigenvalue weighted by atomic mass is 10.0. The molecule has 1 nitrogen and oxygen atoms in total. The second-order valence-corrected chi connectivity index (χ2v) is 3.84. The van der Waals surface area contributed by atoms with Gasteiger partial charge < -0.3 is 5.73 Å². The molecule has 0 bridgehead atoms. The number of rotatable bonds is 1. The highest BCUT2D eigenvalue weighted by atomic mass is 14.6. The molecule has 78 valence electrons. The van der Waals surface area contributed by atoms with Crippen molar-refractivity contribution in [2.75, 3.05) is 5.73 Å². The van der Waals surface area contributed by atoms with Crippen LogP contribution in [0.5, 0.6) is 0 Å². The third-order valence-corrected chi connectivity index (χ3v) is 2.72. The lowest BCUT2D eigenvalue weighted by Crippen LogP contribution is -1.95. The van der Waals surface area contributed by atoms with Crippen LogP contribution in [0.1, 0.15) is 49.3 Å². The first-order valence-electron chi connectivity index (χ1n) is 5.55. The van der Waals surface area contributed by atoms with Gasteiger partial charge in [-0.1, -0.05) is 19.9 Å². The van der Waals surface area contributed by atoms with Crippen molar-refractivity contribution < 1.29 is 0 Å². The maximum atomic E-state index is 5.93. The fraction of sp³-hybridized carbons (Fsp3) is 0.538. The van der Waals surface area contributed by atoms with Gasteiger partial charge in [0.1, 0.15) is 0 Å². The van der Waals surface area contributed by atoms with Gasteiger partial charge in [-0.3, -0.25) is 0 Å². The normalized spacial score (nSPS) is 14.6. The SMILES string of the molecule is CC.Cc1cc(N)c(C2CC2)cc1C. The van der Waals surface area contributed by atoms with Crippen molar-refractivity contribution in [1.29, 1.82) is 0 Å². The number of aryl methyl sites for hydroxylation is 2. The zero-order chi connectivity index (χ0) is 10.7. The molecule has 1 heteroatoms. The van der Waals surface area contributed by atoms with Crippen LogP contribution in [0.4, 0.5) is 5.69 Å². The zero-order valence-electron chi connectivity index (χ0n) is 9.72. The second kappa shape index (κ2) is 4.50. The molecule has 0 amide bonds. The molecule has 1 aliphatic rings. The summed E-state index contributed by atoms with van der Waals surface area (Å²) in [6.07, 6.45) is 2.65. The smallest absolute Gasteiger partial charge is 0.0352 e. The number of nitrogen functional groups attached to an aromatic ring is 1. The van der Waals surface area contributed by atoms with Gasteiger partial charge in [0.15, 0.2) is 0 Å². The van der Waals surface area contributed by atoms with Crippen LogP contribution in [0, 0.1) is 13.8 Å². The number of hydrogen-bond donors (Lipinski definition) is 1. The molecule has 0 radical (unpaired) electrons. The van der Waals surface area contributed by atoms with Gasteiger partial charge in [-0.2, -0.15) is 0 Å². The number of nitrogens with two attached hydrogens (primary N) is 1. The Hall–Kier alpha value is -0.980. The van der Waals surface area contributed by atoms with Gasteiger partial charge in [-0.25, -0.2) is 0 Å². The van der Waals surface area contributed by atoms with Crippen molar-refractivity contribution in [3.63, 3.8) is 0 Å². The Kier molecular flexibility index (Phi) is 3.56. The maximum absolute atomic E-state index is 5.93. The summed E-state index contributed by atoms with van der Waals surface area (Å²) in [5.74, 6) is 0.768. The van der Waals surface area contributed by atoms with Gasteiger partial charge >= 0.3 is 0 Å². The Morgan fingerprint density at radius 1 is 1.07 bits per heavy atom. The summed E-state index contributed by atoms with van der Waals surface area (Å²) >= 11 is 0. The van der Waals surface area contributed by atoms with Gasteiger partial charge in [0, 0.05) is 5.69 Å². The Balaban J connectivity index is 0.000000461. The van der Waals surface area contributed by atoms with E-state index in [1.165, 1.54) is 29.5 Å². The van der Waals surface area contributed by atoms with Crippen LogP contribution in [-0.4, -0.2) is 0 Å². The van der Waals surface area contributed by atoms with Crippen molar-refractivity contribution in [2.24, 2.45) is 0 Å². The van der Waals surface area contributed by atoms with E-state index in [0.29, 0.717) is 0 Å². The highest BCUT2D eigenvalue weighted by Gasteiger charge is 2.25. The van der Waals surface area contributed by atoms with Gasteiger partial charge in [-0.15, -0.1) is 0 Å². The molecule has 2 rings (SSSR count). The van der Waals surface area contributed by atoms with Crippen molar-refractivity contribution in [3.05, 3.63) is 28.8 Å². The summed E-state index contributed by atoms with van der Waals surface area (Å²) in [5.41, 5.74) is 11.0. The fourth-order valence-electron chi connectivity index (χ4n) is 1.61. The predicted octanol–water partition coefficient (Wildman–Crippen LogP) is 3.79. The van der Waals surface area contributed by atoms with Crippen LogP contribution >= 0.6 is 0 Å². The van der Waals surface area contributed by atoms with Crippen LogP contribution in [0.3, 0.4) is 0 Å². The van der Waals surface area contributed by atoms with E-state index in [-0.39, 0.29) is 0 Å². The maximum Gasteiger partial charge on any atom is 0.0352 e. The summed E-state index contributed by atoms with van der Waals surface area (Å²) < 4.78 is 0. The van der Waals surface area contributed by atoms with E-state index in [2.05, 4.69) is 26.0 Å². The third kappa shape index (κ3) is 2.28. The zero-order valence-corrected chi connectivity index (χ0v) is 9.72. The average Bonchev–Trinajstić information content (AvgIpc) is 2.98. The van der Waals surface area contributed by atoms with Crippen LogP contribution in [0.2, 0.25) is 0 Å². The summed E-state index contributed by atoms with van der Waals surface area (Å²) in [7, 11) is 0. The molecule has 0 saturated heterocycles. The van der Waals surface area contributed by atoms with Crippen molar-refractivity contribution in [1.82, 2.24) is 0 Å². The summed E-state index contributed by atoms with van der Waals surface area (Å²) in [4.78, 5) is 0. The van der Waals surface area contributed by atoms with Gasteiger partial charge in [-0.05, 0) is 55.4 Å². The van der Waals surface area contributed by atoms with Gasteiger partial charge in [0.25, 0.3) is 0 Å². The summed E-state index contributed by atoms with van der Waals surface area (Å²) in [5, 5.41) is 0. The summed E-state index contributed by atoms with van der Waals surface area (Å²) in [6, 6.07) is 4.35. The van der Waals surface area contributed by atoms with Crippen LogP contribution in [0.15, 0.2) is 12.1 Å². The first kappa shape index (κ1) is 11.1. The molecule has 0 unspecified atom stereocenters. The third-order valence-electron chi connectivity index (χ3n) is 2.72. The van der Waals surface area contributed by atoms with E-state index in [9.17, 15) is 0 Å². The minimum Gasteiger partial charge on any atom is -0.398 e. The first-order chi connectivity index (χ1) is 6.68. The Morgan fingerprint density at radius 2 is 1.57 bits per heavy atom. The molecular formula is C13H21N. The molecule has 0 spiro atoms. The van der Waals surface area contributed by atoms with Crippen LogP contribution in [0.25, 0.3) is 0 Å². The minimum absolute atomic E-state index is 0.768. The quantitative estimate of drug-likeness (QED) is 0.671. The molecule has 0 aromatic heterocycles. The van der Waals surface area contributed by atoms with E-state index >= 15 is 0 Å². The molecule has 0 aliphatic heterocycles. The molecule has 1 aliphatic carbocycles. The van der Waals surface area contributed by atoms with Crippen LogP contribution < -0.4 is 5.73 Å². The molecule has 2 N–H and O–H groups in total. The van der Waals surface area contributed by atoms with Crippen LogP contribution in [-0.2, 0) is 0 Å². The molecule has 1 saturated carbocycles. The molecular weight excluding hydrogens is 170 g/mol. The molecule has 1 aromatic carbocycles. The summed E-state index contributed by atoms with van der Waals surface area (Å²) in [6.45, 7) is 8.27. The van der Waals surface area contributed by atoms with E-state index in [4.69, 9.17) is 5.73 Å². The lowest BCUT2D eigenvalue weighted by Gasteiger charge is -2.07. The van der Waals surface area contributed by atoms with Crippen molar-refractivity contribution in [3.8, 4) is 0 Å². The molecule has 0 heterocycles. The second-order valence-electron chi connectivity index (χ2n) is 3.84. The Morgan fingerprint density at radius 3 is 2.07 bits per heavy atom. The monoisotopic (exact) mass is 191 g/mol. The van der Waals surface area contributed by atoms with E-state index < -0.39 is 0 Å². The standard InChI is InChI=1S/C11H15N.C2H6/c1-7-5-10(9-3-4-9)11(12)6-8(7)2;1-2/h5-6,9H,3-4,12H2,1-2H3;1-2H3. The highest BCUT2D eigenvalue weighted by Crippen LogP contribution is 2.43. The topological polar surface area (TPSA) is 26.0 Å². The van der Waals surface area contributed by atoms with Crippen molar-refractivity contribution >= 4 is 5.69 Å². The van der Waals surface area contributed by atoms with E-state index in [0.717, 1.165) is 11.6 Å². The predicted molar refractivity (Wildman–Crippen MR) is 63.7 cm³/mol.